The Morgan fingerprint density at radius 2 is 2.19 bits per heavy atom. The molecular weight excluding hydrogens is 227 g/mol. The summed E-state index contributed by atoms with van der Waals surface area (Å²) >= 11 is 0. The zero-order chi connectivity index (χ0) is 11.8. The maximum Gasteiger partial charge on any atom is 0.437 e. The van der Waals surface area contributed by atoms with Crippen LogP contribution in [-0.4, -0.2) is 11.6 Å². The normalized spacial score (nSPS) is 16.2. The SMILES string of the molecule is O=COCc1c(C(F)(F)F)noc1C1CC1. The summed E-state index contributed by atoms with van der Waals surface area (Å²) in [6, 6.07) is 0. The lowest BCUT2D eigenvalue weighted by Gasteiger charge is -2.05. The van der Waals surface area contributed by atoms with E-state index in [-0.39, 0.29) is 23.7 Å². The van der Waals surface area contributed by atoms with Crippen molar-refractivity contribution in [2.75, 3.05) is 0 Å². The lowest BCUT2D eigenvalue weighted by atomic mass is 10.1. The van der Waals surface area contributed by atoms with Crippen molar-refractivity contribution in [3.63, 3.8) is 0 Å². The van der Waals surface area contributed by atoms with Crippen LogP contribution in [0.25, 0.3) is 0 Å². The molecule has 0 amide bonds. The third-order valence-electron chi connectivity index (χ3n) is 2.33. The smallest absolute Gasteiger partial charge is 0.437 e. The summed E-state index contributed by atoms with van der Waals surface area (Å²) in [5, 5.41) is 3.01. The summed E-state index contributed by atoms with van der Waals surface area (Å²) in [6.07, 6.45) is -3.03. The van der Waals surface area contributed by atoms with Crippen molar-refractivity contribution in [3.05, 3.63) is 17.0 Å². The van der Waals surface area contributed by atoms with E-state index in [0.717, 1.165) is 12.8 Å². The highest BCUT2D eigenvalue weighted by Crippen LogP contribution is 2.44. The van der Waals surface area contributed by atoms with E-state index in [4.69, 9.17) is 0 Å². The van der Waals surface area contributed by atoms with Gasteiger partial charge in [-0.3, -0.25) is 4.79 Å². The van der Waals surface area contributed by atoms with Gasteiger partial charge in [0.25, 0.3) is 6.47 Å². The molecule has 1 saturated carbocycles. The third kappa shape index (κ3) is 2.02. The van der Waals surface area contributed by atoms with Crippen LogP contribution in [0.4, 0.5) is 13.2 Å². The first-order chi connectivity index (χ1) is 7.54. The van der Waals surface area contributed by atoms with Crippen molar-refractivity contribution in [1.29, 1.82) is 0 Å². The minimum absolute atomic E-state index is 0.0196. The Bertz CT molecular complexity index is 395. The zero-order valence-corrected chi connectivity index (χ0v) is 8.08. The summed E-state index contributed by atoms with van der Waals surface area (Å²) in [7, 11) is 0. The lowest BCUT2D eigenvalue weighted by Crippen LogP contribution is -2.10. The zero-order valence-electron chi connectivity index (χ0n) is 8.08. The minimum atomic E-state index is -4.59. The second kappa shape index (κ2) is 3.80. The molecule has 2 rings (SSSR count). The van der Waals surface area contributed by atoms with E-state index >= 15 is 0 Å². The topological polar surface area (TPSA) is 52.3 Å². The van der Waals surface area contributed by atoms with Crippen LogP contribution in [0.15, 0.2) is 4.52 Å². The summed E-state index contributed by atoms with van der Waals surface area (Å²) in [4.78, 5) is 10.0. The molecule has 4 nitrogen and oxygen atoms in total. The van der Waals surface area contributed by atoms with Gasteiger partial charge in [-0.05, 0) is 12.8 Å². The van der Waals surface area contributed by atoms with Crippen LogP contribution >= 0.6 is 0 Å². The number of aromatic nitrogens is 1. The molecule has 88 valence electrons. The Morgan fingerprint density at radius 1 is 1.50 bits per heavy atom. The van der Waals surface area contributed by atoms with Crippen molar-refractivity contribution >= 4 is 6.47 Å². The van der Waals surface area contributed by atoms with Gasteiger partial charge >= 0.3 is 6.18 Å². The van der Waals surface area contributed by atoms with Gasteiger partial charge in [-0.15, -0.1) is 0 Å². The van der Waals surface area contributed by atoms with Crippen molar-refractivity contribution in [2.24, 2.45) is 0 Å². The Morgan fingerprint density at radius 3 is 2.69 bits per heavy atom. The molecule has 16 heavy (non-hydrogen) atoms. The summed E-state index contributed by atoms with van der Waals surface area (Å²) in [5.74, 6) is 0.169. The van der Waals surface area contributed by atoms with Crippen LogP contribution in [0.3, 0.4) is 0 Å². The molecule has 0 unspecified atom stereocenters. The van der Waals surface area contributed by atoms with Gasteiger partial charge in [0.1, 0.15) is 12.4 Å². The fourth-order valence-corrected chi connectivity index (χ4v) is 1.47. The van der Waals surface area contributed by atoms with Crippen LogP contribution in [0, 0.1) is 0 Å². The second-order valence-electron chi connectivity index (χ2n) is 3.55. The molecule has 7 heteroatoms. The maximum atomic E-state index is 12.5. The summed E-state index contributed by atoms with van der Waals surface area (Å²) in [5.41, 5.74) is -1.27. The van der Waals surface area contributed by atoms with Gasteiger partial charge in [0.2, 0.25) is 0 Å². The monoisotopic (exact) mass is 235 g/mol. The molecule has 0 bridgehead atoms. The van der Waals surface area contributed by atoms with E-state index in [0.29, 0.717) is 0 Å². The Balaban J connectivity index is 2.32. The van der Waals surface area contributed by atoms with Gasteiger partial charge in [0.05, 0.1) is 5.56 Å². The van der Waals surface area contributed by atoms with E-state index in [1.807, 2.05) is 0 Å². The molecule has 1 aromatic heterocycles. The van der Waals surface area contributed by atoms with Gasteiger partial charge in [0, 0.05) is 5.92 Å². The molecule has 0 N–H and O–H groups in total. The number of rotatable bonds is 4. The molecule has 1 aliphatic rings. The molecule has 1 heterocycles. The molecule has 0 saturated heterocycles. The molecular formula is C9H8F3NO3. The van der Waals surface area contributed by atoms with Gasteiger partial charge in [-0.25, -0.2) is 0 Å². The first-order valence-corrected chi connectivity index (χ1v) is 4.65. The molecule has 0 aliphatic heterocycles. The molecule has 0 aromatic carbocycles. The number of alkyl halides is 3. The van der Waals surface area contributed by atoms with Crippen LogP contribution in [-0.2, 0) is 22.3 Å². The highest BCUT2D eigenvalue weighted by molar-refractivity contribution is 5.38. The highest BCUT2D eigenvalue weighted by Gasteiger charge is 2.42. The Labute approximate surface area is 88.4 Å². The number of hydrogen-bond donors (Lipinski definition) is 0. The molecule has 0 radical (unpaired) electrons. The summed E-state index contributed by atoms with van der Waals surface area (Å²) < 4.78 is 46.5. The predicted octanol–water partition coefficient (Wildman–Crippen LogP) is 2.24. The number of hydrogen-bond acceptors (Lipinski definition) is 4. The number of nitrogens with zero attached hydrogens (tertiary/aromatic N) is 1. The van der Waals surface area contributed by atoms with E-state index in [1.54, 1.807) is 0 Å². The predicted molar refractivity (Wildman–Crippen MR) is 44.3 cm³/mol. The fraction of sp³-hybridized carbons (Fsp3) is 0.556. The maximum absolute atomic E-state index is 12.5. The first kappa shape index (κ1) is 11.0. The lowest BCUT2D eigenvalue weighted by molar-refractivity contribution is -0.145. The average molecular weight is 235 g/mol. The molecule has 1 fully saturated rings. The number of halogens is 3. The van der Waals surface area contributed by atoms with Crippen molar-refractivity contribution in [1.82, 2.24) is 5.16 Å². The van der Waals surface area contributed by atoms with Crippen LogP contribution in [0.5, 0.6) is 0 Å². The van der Waals surface area contributed by atoms with Gasteiger partial charge in [-0.1, -0.05) is 5.16 Å². The molecule has 1 aliphatic carbocycles. The largest absolute Gasteiger partial charge is 0.463 e. The van der Waals surface area contributed by atoms with Crippen molar-refractivity contribution < 1.29 is 27.2 Å². The molecule has 0 spiro atoms. The van der Waals surface area contributed by atoms with E-state index < -0.39 is 18.5 Å². The Hall–Kier alpha value is -1.53. The summed E-state index contributed by atoms with van der Waals surface area (Å²) in [6.45, 7) is -0.350. The number of carbonyl (C=O) groups excluding carboxylic acids is 1. The van der Waals surface area contributed by atoms with Crippen molar-refractivity contribution in [2.45, 2.75) is 31.5 Å². The standard InChI is InChI=1S/C9H8F3NO3/c10-9(11,12)8-6(3-15-4-14)7(16-13-8)5-1-2-5/h4-5H,1-3H2. The quantitative estimate of drug-likeness (QED) is 0.751. The van der Waals surface area contributed by atoms with Gasteiger partial charge in [0.15, 0.2) is 5.69 Å². The van der Waals surface area contributed by atoms with Crippen LogP contribution in [0.2, 0.25) is 0 Å². The average Bonchev–Trinajstić information content (AvgIpc) is 2.94. The second-order valence-corrected chi connectivity index (χ2v) is 3.55. The van der Waals surface area contributed by atoms with E-state index in [1.165, 1.54) is 0 Å². The fourth-order valence-electron chi connectivity index (χ4n) is 1.47. The molecule has 0 atom stereocenters. The minimum Gasteiger partial charge on any atom is -0.463 e. The Kier molecular flexibility index (Phi) is 2.61. The van der Waals surface area contributed by atoms with Gasteiger partial charge < -0.3 is 9.26 Å². The first-order valence-electron chi connectivity index (χ1n) is 4.65. The van der Waals surface area contributed by atoms with Crippen LogP contribution < -0.4 is 0 Å². The van der Waals surface area contributed by atoms with E-state index in [9.17, 15) is 18.0 Å². The number of ether oxygens (including phenoxy) is 1. The van der Waals surface area contributed by atoms with E-state index in [2.05, 4.69) is 14.4 Å². The molecule has 1 aromatic rings. The van der Waals surface area contributed by atoms with Crippen molar-refractivity contribution in [3.8, 4) is 0 Å². The van der Waals surface area contributed by atoms with Gasteiger partial charge in [-0.2, -0.15) is 13.2 Å². The third-order valence-corrected chi connectivity index (χ3v) is 2.33. The highest BCUT2D eigenvalue weighted by atomic mass is 19.4. The van der Waals surface area contributed by atoms with Crippen LogP contribution in [0.1, 0.15) is 35.8 Å². The number of carbonyl (C=O) groups is 1.